The number of pyridine rings is 1. The van der Waals surface area contributed by atoms with Gasteiger partial charge in [0.1, 0.15) is 5.56 Å². The highest BCUT2D eigenvalue weighted by molar-refractivity contribution is 5.45. The Kier molecular flexibility index (Phi) is 3.29. The van der Waals surface area contributed by atoms with E-state index < -0.39 is 0 Å². The molecule has 0 saturated heterocycles. The van der Waals surface area contributed by atoms with Crippen molar-refractivity contribution >= 4 is 0 Å². The smallest absolute Gasteiger partial charge is 0.253 e. The van der Waals surface area contributed by atoms with Gasteiger partial charge < -0.3 is 14.3 Å². The van der Waals surface area contributed by atoms with Gasteiger partial charge in [-0.05, 0) is 0 Å². The molecule has 74 valence electrons. The van der Waals surface area contributed by atoms with Gasteiger partial charge >= 0.3 is 0 Å². The molecule has 0 aliphatic rings. The van der Waals surface area contributed by atoms with E-state index in [0.29, 0.717) is 11.5 Å². The molecule has 0 saturated carbocycles. The molecule has 0 bridgehead atoms. The Morgan fingerprint density at radius 2 is 1.79 bits per heavy atom. The normalized spacial score (nSPS) is 11.6. The molecule has 0 aromatic carbocycles. The number of nitrogens with zero attached hydrogens (tertiary/aromatic N) is 2. The number of rotatable bonds is 3. The first-order chi connectivity index (χ1) is 6.74. The summed E-state index contributed by atoms with van der Waals surface area (Å²) < 4.78 is 10.2. The largest absolute Gasteiger partial charge is 0.494 e. The standard InChI is InChI=1S/C10H12N2O2/c1-7(11-2)10-8(13-3)5-12-6-9(10)14-4/h5-7H,1,3-4H3. The van der Waals surface area contributed by atoms with Crippen LogP contribution in [0.3, 0.4) is 0 Å². The van der Waals surface area contributed by atoms with Gasteiger partial charge in [-0.25, -0.2) is 6.57 Å². The average Bonchev–Trinajstić information content (AvgIpc) is 2.26. The van der Waals surface area contributed by atoms with Gasteiger partial charge in [0.2, 0.25) is 0 Å². The number of hydrogen-bond donors (Lipinski definition) is 0. The van der Waals surface area contributed by atoms with E-state index in [1.54, 1.807) is 33.5 Å². The van der Waals surface area contributed by atoms with Crippen molar-refractivity contribution in [2.45, 2.75) is 13.0 Å². The van der Waals surface area contributed by atoms with Crippen LogP contribution in [0, 0.1) is 6.57 Å². The van der Waals surface area contributed by atoms with E-state index in [2.05, 4.69) is 9.83 Å². The molecule has 1 rings (SSSR count). The maximum Gasteiger partial charge on any atom is 0.253 e. The minimum absolute atomic E-state index is 0.289. The van der Waals surface area contributed by atoms with E-state index in [4.69, 9.17) is 16.0 Å². The van der Waals surface area contributed by atoms with Gasteiger partial charge in [0.25, 0.3) is 6.04 Å². The van der Waals surface area contributed by atoms with Crippen molar-refractivity contribution in [3.63, 3.8) is 0 Å². The van der Waals surface area contributed by atoms with Crippen LogP contribution < -0.4 is 9.47 Å². The number of hydrogen-bond acceptors (Lipinski definition) is 3. The average molecular weight is 192 g/mol. The van der Waals surface area contributed by atoms with Gasteiger partial charge in [-0.15, -0.1) is 0 Å². The minimum Gasteiger partial charge on any atom is -0.494 e. The lowest BCUT2D eigenvalue weighted by Crippen LogP contribution is -1.99. The quantitative estimate of drug-likeness (QED) is 0.688. The third-order valence-electron chi connectivity index (χ3n) is 1.97. The molecular weight excluding hydrogens is 180 g/mol. The second kappa shape index (κ2) is 4.47. The summed E-state index contributed by atoms with van der Waals surface area (Å²) in [6, 6.07) is -0.289. The van der Waals surface area contributed by atoms with Crippen molar-refractivity contribution in [2.24, 2.45) is 0 Å². The number of methoxy groups -OCH3 is 2. The Labute approximate surface area is 83.3 Å². The fraction of sp³-hybridized carbons (Fsp3) is 0.400. The predicted molar refractivity (Wildman–Crippen MR) is 52.4 cm³/mol. The molecule has 0 aliphatic carbocycles. The Morgan fingerprint density at radius 3 is 2.14 bits per heavy atom. The molecule has 1 heterocycles. The lowest BCUT2D eigenvalue weighted by atomic mass is 10.1. The molecule has 1 atom stereocenters. The van der Waals surface area contributed by atoms with Crippen molar-refractivity contribution in [1.29, 1.82) is 0 Å². The maximum absolute atomic E-state index is 6.98. The molecule has 4 nitrogen and oxygen atoms in total. The first-order valence-corrected chi connectivity index (χ1v) is 4.17. The molecule has 0 radical (unpaired) electrons. The van der Waals surface area contributed by atoms with E-state index in [9.17, 15) is 0 Å². The SMILES string of the molecule is [C-]#[N+]C(C)c1c(OC)cncc1OC. The lowest BCUT2D eigenvalue weighted by Gasteiger charge is -2.10. The Hall–Kier alpha value is -1.76. The van der Waals surface area contributed by atoms with Crippen molar-refractivity contribution in [3.05, 3.63) is 29.4 Å². The van der Waals surface area contributed by atoms with Gasteiger partial charge in [-0.1, -0.05) is 0 Å². The number of ether oxygens (including phenoxy) is 2. The molecule has 1 aromatic rings. The summed E-state index contributed by atoms with van der Waals surface area (Å²) in [6.07, 6.45) is 3.17. The number of aromatic nitrogens is 1. The highest BCUT2D eigenvalue weighted by atomic mass is 16.5. The van der Waals surface area contributed by atoms with Crippen LogP contribution in [0.4, 0.5) is 0 Å². The maximum atomic E-state index is 6.98. The summed E-state index contributed by atoms with van der Waals surface area (Å²) in [4.78, 5) is 7.39. The lowest BCUT2D eigenvalue weighted by molar-refractivity contribution is 0.380. The van der Waals surface area contributed by atoms with Crippen LogP contribution in [-0.4, -0.2) is 19.2 Å². The van der Waals surface area contributed by atoms with Crippen molar-refractivity contribution < 1.29 is 9.47 Å². The molecule has 0 N–H and O–H groups in total. The van der Waals surface area contributed by atoms with Gasteiger partial charge in [0, 0.05) is 6.92 Å². The third kappa shape index (κ3) is 1.77. The third-order valence-corrected chi connectivity index (χ3v) is 1.97. The summed E-state index contributed by atoms with van der Waals surface area (Å²) in [5, 5.41) is 0. The van der Waals surface area contributed by atoms with Crippen molar-refractivity contribution in [1.82, 2.24) is 4.98 Å². The van der Waals surface area contributed by atoms with E-state index in [-0.39, 0.29) is 6.04 Å². The van der Waals surface area contributed by atoms with Gasteiger partial charge in [0.15, 0.2) is 11.5 Å². The predicted octanol–water partition coefficient (Wildman–Crippen LogP) is 2.08. The van der Waals surface area contributed by atoms with Crippen LogP contribution in [-0.2, 0) is 0 Å². The summed E-state index contributed by atoms with van der Waals surface area (Å²) in [7, 11) is 3.10. The molecule has 4 heteroatoms. The highest BCUT2D eigenvalue weighted by Gasteiger charge is 2.20. The van der Waals surface area contributed by atoms with Crippen molar-refractivity contribution in [2.75, 3.05) is 14.2 Å². The van der Waals surface area contributed by atoms with Crippen LogP contribution >= 0.6 is 0 Å². The minimum atomic E-state index is -0.289. The zero-order valence-electron chi connectivity index (χ0n) is 8.44. The van der Waals surface area contributed by atoms with E-state index in [1.807, 2.05) is 0 Å². The van der Waals surface area contributed by atoms with Crippen LogP contribution in [0.1, 0.15) is 18.5 Å². The van der Waals surface area contributed by atoms with Crippen LogP contribution in [0.15, 0.2) is 12.4 Å². The second-order valence-electron chi connectivity index (χ2n) is 2.76. The van der Waals surface area contributed by atoms with E-state index in [0.717, 1.165) is 5.56 Å². The van der Waals surface area contributed by atoms with Crippen LogP contribution in [0.2, 0.25) is 0 Å². The van der Waals surface area contributed by atoms with E-state index in [1.165, 1.54) is 0 Å². The fourth-order valence-electron chi connectivity index (χ4n) is 1.23. The molecule has 1 aromatic heterocycles. The summed E-state index contributed by atoms with van der Waals surface area (Å²) in [6.45, 7) is 8.78. The summed E-state index contributed by atoms with van der Waals surface area (Å²) in [5.41, 5.74) is 0.750. The summed E-state index contributed by atoms with van der Waals surface area (Å²) >= 11 is 0. The van der Waals surface area contributed by atoms with Crippen molar-refractivity contribution in [3.8, 4) is 11.5 Å². The van der Waals surface area contributed by atoms with E-state index >= 15 is 0 Å². The van der Waals surface area contributed by atoms with Crippen LogP contribution in [0.25, 0.3) is 4.85 Å². The Morgan fingerprint density at radius 1 is 1.29 bits per heavy atom. The molecule has 0 aliphatic heterocycles. The molecular formula is C10H12N2O2. The Bertz CT molecular complexity index is 335. The fourth-order valence-corrected chi connectivity index (χ4v) is 1.23. The highest BCUT2D eigenvalue weighted by Crippen LogP contribution is 2.34. The first kappa shape index (κ1) is 10.3. The monoisotopic (exact) mass is 192 g/mol. The molecule has 0 spiro atoms. The Balaban J connectivity index is 3.27. The summed E-state index contributed by atoms with van der Waals surface area (Å²) in [5.74, 6) is 1.18. The topological polar surface area (TPSA) is 35.7 Å². The second-order valence-corrected chi connectivity index (χ2v) is 2.76. The molecule has 14 heavy (non-hydrogen) atoms. The first-order valence-electron chi connectivity index (χ1n) is 4.17. The van der Waals surface area contributed by atoms with Gasteiger partial charge in [-0.3, -0.25) is 4.98 Å². The molecule has 0 amide bonds. The van der Waals surface area contributed by atoms with Crippen LogP contribution in [0.5, 0.6) is 11.5 Å². The molecule has 1 unspecified atom stereocenters. The van der Waals surface area contributed by atoms with Gasteiger partial charge in [-0.2, -0.15) is 0 Å². The van der Waals surface area contributed by atoms with Gasteiger partial charge in [0.05, 0.1) is 26.6 Å². The molecule has 0 fully saturated rings. The zero-order valence-corrected chi connectivity index (χ0v) is 8.44. The zero-order chi connectivity index (χ0) is 10.6.